The summed E-state index contributed by atoms with van der Waals surface area (Å²) in [5, 5.41) is 22.3. The van der Waals surface area contributed by atoms with Crippen molar-refractivity contribution < 1.29 is 24.1 Å². The summed E-state index contributed by atoms with van der Waals surface area (Å²) < 4.78 is 0. The third kappa shape index (κ3) is 6.44. The van der Waals surface area contributed by atoms with Crippen LogP contribution in [0.1, 0.15) is 47.9 Å². The molecule has 4 N–H and O–H groups in total. The van der Waals surface area contributed by atoms with Gasteiger partial charge >= 0.3 is 6.03 Å². The summed E-state index contributed by atoms with van der Waals surface area (Å²) >= 11 is 0. The van der Waals surface area contributed by atoms with Crippen LogP contribution in [0, 0.1) is 10.1 Å². The number of carbonyl (C=O) groups is 4. The quantitative estimate of drug-likeness (QED) is 0.119. The number of carbonyl (C=O) groups excluding carboxylic acids is 4. The molecule has 3 aromatic carbocycles. The number of benzene rings is 3. The Morgan fingerprint density at radius 2 is 1.69 bits per heavy atom. The minimum Gasteiger partial charge on any atom is -0.354 e. The predicted octanol–water partition coefficient (Wildman–Crippen LogP) is 4.65. The molecule has 5 amide bonds. The average Bonchev–Trinajstić information content (AvgIpc) is 3.53. The lowest BCUT2D eigenvalue weighted by molar-refractivity contribution is -0.384. The van der Waals surface area contributed by atoms with Gasteiger partial charge in [0.1, 0.15) is 5.70 Å². The van der Waals surface area contributed by atoms with Crippen molar-refractivity contribution >= 4 is 58.2 Å². The Morgan fingerprint density at radius 1 is 0.911 bits per heavy atom. The number of nitrogens with zero attached hydrogens (tertiary/aromatic N) is 2. The van der Waals surface area contributed by atoms with E-state index in [1.165, 1.54) is 18.2 Å². The maximum Gasteiger partial charge on any atom is 0.326 e. The molecular weight excluding hydrogens is 576 g/mol. The molecule has 0 saturated carbocycles. The smallest absolute Gasteiger partial charge is 0.326 e. The number of piperidine rings is 1. The van der Waals surface area contributed by atoms with Crippen LogP contribution < -0.4 is 21.3 Å². The number of hydrogen-bond acceptors (Lipinski definition) is 7. The molecular formula is C33H30N6O6. The van der Waals surface area contributed by atoms with Crippen LogP contribution in [0.15, 0.2) is 72.4 Å². The molecule has 3 aromatic rings. The number of amides is 5. The van der Waals surface area contributed by atoms with E-state index in [2.05, 4.69) is 21.3 Å². The highest BCUT2D eigenvalue weighted by molar-refractivity contribution is 6.37. The standard InChI is InChI=1S/C33H30N6O6/c40-28-5-1-2-16-38(28)17-3-4-20-6-10-22(11-7-20)30(29-25-19-24(39(44)45)14-15-26(25)35-32(29)42)34-23-12-8-21(9-13-23)18-27-31(41)37-33(43)36-27/h6-15,18-19,34H,1-5,16-17H2,(H,35,42)(H2,36,37,41,43)/b27-18-,30-29?. The second-order valence-corrected chi connectivity index (χ2v) is 11.0. The van der Waals surface area contributed by atoms with Gasteiger partial charge in [0.05, 0.1) is 16.2 Å². The number of non-ortho nitro benzene ring substituents is 1. The molecule has 2 saturated heterocycles. The van der Waals surface area contributed by atoms with Crippen LogP contribution in [0.2, 0.25) is 0 Å². The average molecular weight is 607 g/mol. The second kappa shape index (κ2) is 12.4. The van der Waals surface area contributed by atoms with Gasteiger partial charge in [-0.2, -0.15) is 0 Å². The van der Waals surface area contributed by atoms with Crippen LogP contribution in [0.25, 0.3) is 17.3 Å². The summed E-state index contributed by atoms with van der Waals surface area (Å²) in [6.45, 7) is 1.53. The molecule has 0 unspecified atom stereocenters. The van der Waals surface area contributed by atoms with Crippen molar-refractivity contribution in [2.24, 2.45) is 0 Å². The first kappa shape index (κ1) is 29.3. The third-order valence-electron chi connectivity index (χ3n) is 7.98. The number of aryl methyl sites for hydroxylation is 1. The van der Waals surface area contributed by atoms with Crippen molar-refractivity contribution in [1.82, 2.24) is 15.5 Å². The Bertz CT molecular complexity index is 1780. The van der Waals surface area contributed by atoms with Crippen molar-refractivity contribution in [3.05, 3.63) is 105 Å². The summed E-state index contributed by atoms with van der Waals surface area (Å²) in [4.78, 5) is 61.8. The number of hydrogen-bond donors (Lipinski definition) is 4. The SMILES string of the molecule is O=C1NC(=O)/C(=C/c2ccc(NC(=C3C(=O)Nc4ccc([N+](=O)[O-])cc43)c3ccc(CCCN4CCCCC4=O)cc3)cc2)N1. The molecule has 0 aromatic heterocycles. The van der Waals surface area contributed by atoms with E-state index in [0.29, 0.717) is 40.2 Å². The number of fused-ring (bicyclic) bond motifs is 1. The van der Waals surface area contributed by atoms with Gasteiger partial charge in [-0.15, -0.1) is 0 Å². The maximum atomic E-state index is 13.3. The highest BCUT2D eigenvalue weighted by Gasteiger charge is 2.30. The van der Waals surface area contributed by atoms with E-state index in [9.17, 15) is 29.3 Å². The van der Waals surface area contributed by atoms with Crippen LogP contribution >= 0.6 is 0 Å². The fourth-order valence-electron chi connectivity index (χ4n) is 5.66. The zero-order valence-electron chi connectivity index (χ0n) is 24.2. The molecule has 12 nitrogen and oxygen atoms in total. The first-order chi connectivity index (χ1) is 21.7. The van der Waals surface area contributed by atoms with Crippen LogP contribution in [-0.4, -0.2) is 46.7 Å². The van der Waals surface area contributed by atoms with E-state index >= 15 is 0 Å². The maximum absolute atomic E-state index is 13.3. The third-order valence-corrected chi connectivity index (χ3v) is 7.98. The molecule has 0 spiro atoms. The number of rotatable bonds is 9. The lowest BCUT2D eigenvalue weighted by Gasteiger charge is -2.26. The van der Waals surface area contributed by atoms with Gasteiger partial charge in [0.2, 0.25) is 5.91 Å². The van der Waals surface area contributed by atoms with E-state index in [1.807, 2.05) is 29.2 Å². The monoisotopic (exact) mass is 606 g/mol. The number of anilines is 2. The first-order valence-electron chi connectivity index (χ1n) is 14.7. The molecule has 6 rings (SSSR count). The van der Waals surface area contributed by atoms with Gasteiger partial charge in [0, 0.05) is 48.6 Å². The molecule has 0 radical (unpaired) electrons. The molecule has 2 fully saturated rings. The molecule has 12 heteroatoms. The van der Waals surface area contributed by atoms with E-state index in [0.717, 1.165) is 44.3 Å². The van der Waals surface area contributed by atoms with Gasteiger partial charge in [0.25, 0.3) is 17.5 Å². The Labute approximate surface area is 258 Å². The topological polar surface area (TPSA) is 163 Å². The van der Waals surface area contributed by atoms with Crippen LogP contribution in [-0.2, 0) is 20.8 Å². The number of imide groups is 1. The molecule has 45 heavy (non-hydrogen) atoms. The number of likely N-dealkylation sites (tertiary alicyclic amines) is 1. The second-order valence-electron chi connectivity index (χ2n) is 11.0. The molecule has 3 aliphatic heterocycles. The normalized spacial score (nSPS) is 18.0. The van der Waals surface area contributed by atoms with Gasteiger partial charge in [0.15, 0.2) is 0 Å². The van der Waals surface area contributed by atoms with Gasteiger partial charge in [-0.05, 0) is 66.6 Å². The van der Waals surface area contributed by atoms with Crippen LogP contribution in [0.4, 0.5) is 21.9 Å². The van der Waals surface area contributed by atoms with E-state index in [4.69, 9.17) is 0 Å². The zero-order valence-corrected chi connectivity index (χ0v) is 24.2. The summed E-state index contributed by atoms with van der Waals surface area (Å²) in [5.74, 6) is -0.694. The Balaban J connectivity index is 1.29. The number of nitrogens with one attached hydrogen (secondary N) is 4. The lowest BCUT2D eigenvalue weighted by Crippen LogP contribution is -2.36. The molecule has 3 heterocycles. The molecule has 0 aliphatic carbocycles. The largest absolute Gasteiger partial charge is 0.354 e. The van der Waals surface area contributed by atoms with Crippen molar-refractivity contribution in [2.45, 2.75) is 32.1 Å². The van der Waals surface area contributed by atoms with E-state index in [1.54, 1.807) is 30.3 Å². The van der Waals surface area contributed by atoms with Crippen molar-refractivity contribution in [3.63, 3.8) is 0 Å². The lowest BCUT2D eigenvalue weighted by atomic mass is 9.98. The van der Waals surface area contributed by atoms with Crippen LogP contribution in [0.5, 0.6) is 0 Å². The van der Waals surface area contributed by atoms with Gasteiger partial charge < -0.3 is 20.9 Å². The van der Waals surface area contributed by atoms with E-state index in [-0.39, 0.29) is 22.9 Å². The molecule has 0 atom stereocenters. The highest BCUT2D eigenvalue weighted by atomic mass is 16.6. The molecule has 3 aliphatic rings. The number of urea groups is 1. The van der Waals surface area contributed by atoms with Gasteiger partial charge in [-0.25, -0.2) is 4.79 Å². The minimum atomic E-state index is -0.584. The Kier molecular flexibility index (Phi) is 8.10. The Hall–Kier alpha value is -5.78. The minimum absolute atomic E-state index is 0.131. The summed E-state index contributed by atoms with van der Waals surface area (Å²) in [7, 11) is 0. The predicted molar refractivity (Wildman–Crippen MR) is 168 cm³/mol. The fourth-order valence-corrected chi connectivity index (χ4v) is 5.66. The van der Waals surface area contributed by atoms with Crippen molar-refractivity contribution in [1.29, 1.82) is 0 Å². The number of nitro benzene ring substituents is 1. The van der Waals surface area contributed by atoms with Gasteiger partial charge in [-0.3, -0.25) is 29.8 Å². The molecule has 228 valence electrons. The summed E-state index contributed by atoms with van der Waals surface area (Å²) in [6.07, 6.45) is 5.79. The Morgan fingerprint density at radius 3 is 2.38 bits per heavy atom. The first-order valence-corrected chi connectivity index (χ1v) is 14.7. The fraction of sp³-hybridized carbons (Fsp3) is 0.212. The van der Waals surface area contributed by atoms with Gasteiger partial charge in [-0.1, -0.05) is 36.4 Å². The van der Waals surface area contributed by atoms with Crippen molar-refractivity contribution in [3.8, 4) is 0 Å². The van der Waals surface area contributed by atoms with E-state index < -0.39 is 22.8 Å². The molecule has 0 bridgehead atoms. The van der Waals surface area contributed by atoms with Crippen molar-refractivity contribution in [2.75, 3.05) is 23.7 Å². The zero-order chi connectivity index (χ0) is 31.5. The summed E-state index contributed by atoms with van der Waals surface area (Å²) in [5.41, 5.74) is 4.69. The highest BCUT2D eigenvalue weighted by Crippen LogP contribution is 2.39. The summed E-state index contributed by atoms with van der Waals surface area (Å²) in [6, 6.07) is 18.5. The van der Waals surface area contributed by atoms with Crippen LogP contribution in [0.3, 0.4) is 0 Å². The number of nitro groups is 1.